The van der Waals surface area contributed by atoms with E-state index in [2.05, 4.69) is 5.32 Å². The Balaban J connectivity index is 1.16. The van der Waals surface area contributed by atoms with Crippen LogP contribution in [0.15, 0.2) is 54.6 Å². The van der Waals surface area contributed by atoms with Gasteiger partial charge in [-0.2, -0.15) is 0 Å². The lowest BCUT2D eigenvalue weighted by Gasteiger charge is -2.29. The van der Waals surface area contributed by atoms with E-state index in [0.717, 1.165) is 16.7 Å². The maximum Gasteiger partial charge on any atom is 0.265 e. The molecule has 3 aromatic carbocycles. The molecule has 0 fully saturated rings. The Bertz CT molecular complexity index is 1420. The first-order valence-corrected chi connectivity index (χ1v) is 12.8. The van der Waals surface area contributed by atoms with E-state index in [4.69, 9.17) is 18.9 Å². The zero-order valence-electron chi connectivity index (χ0n) is 22.0. The summed E-state index contributed by atoms with van der Waals surface area (Å²) in [6.45, 7) is 4.56. The Morgan fingerprint density at radius 1 is 0.949 bits per heavy atom. The van der Waals surface area contributed by atoms with Crippen molar-refractivity contribution in [1.82, 2.24) is 5.32 Å². The third kappa shape index (κ3) is 6.14. The molecular weight excluding hydrogens is 500 g/mol. The van der Waals surface area contributed by atoms with Gasteiger partial charge in [-0.05, 0) is 73.4 Å². The number of carbonyl (C=O) groups is 3. The Morgan fingerprint density at radius 3 is 2.64 bits per heavy atom. The number of carbonyl (C=O) groups excluding carboxylic acids is 3. The van der Waals surface area contributed by atoms with Gasteiger partial charge in [0.25, 0.3) is 5.91 Å². The Labute approximate surface area is 226 Å². The largest absolute Gasteiger partial charge is 0.485 e. The molecule has 2 aliphatic heterocycles. The van der Waals surface area contributed by atoms with Crippen molar-refractivity contribution >= 4 is 23.3 Å². The van der Waals surface area contributed by atoms with Crippen LogP contribution in [0, 0.1) is 13.8 Å². The third-order valence-corrected chi connectivity index (χ3v) is 6.64. The van der Waals surface area contributed by atoms with Crippen LogP contribution in [0.3, 0.4) is 0 Å². The molecule has 0 saturated carbocycles. The molecule has 3 aromatic rings. The van der Waals surface area contributed by atoms with E-state index in [9.17, 15) is 14.4 Å². The van der Waals surface area contributed by atoms with Gasteiger partial charge in [0.2, 0.25) is 12.7 Å². The monoisotopic (exact) mass is 530 g/mol. The average Bonchev–Trinajstić information content (AvgIpc) is 3.41. The standard InChI is InChI=1S/C30H30N2O7/c1-19-5-6-20(2)27(12-19)36-16-24(33)22-8-10-25-23(14-22)32(30(35)17-37-25)11-3-4-29(34)31-15-21-7-9-26-28(13-21)39-18-38-26/h5-10,12-14H,3-4,11,15-18H2,1-2H3,(H,31,34). The lowest BCUT2D eigenvalue weighted by atomic mass is 10.1. The predicted octanol–water partition coefficient (Wildman–Crippen LogP) is 4.12. The van der Waals surface area contributed by atoms with E-state index in [1.807, 2.05) is 50.2 Å². The molecule has 202 valence electrons. The van der Waals surface area contributed by atoms with E-state index < -0.39 is 0 Å². The quantitative estimate of drug-likeness (QED) is 0.394. The summed E-state index contributed by atoms with van der Waals surface area (Å²) in [6, 6.07) is 16.4. The van der Waals surface area contributed by atoms with Crippen LogP contribution in [-0.4, -0.2) is 44.1 Å². The number of ether oxygens (including phenoxy) is 4. The zero-order chi connectivity index (χ0) is 27.4. The molecule has 0 unspecified atom stereocenters. The molecule has 2 amide bonds. The molecule has 39 heavy (non-hydrogen) atoms. The van der Waals surface area contributed by atoms with Crippen molar-refractivity contribution in [2.24, 2.45) is 0 Å². The van der Waals surface area contributed by atoms with Crippen molar-refractivity contribution < 1.29 is 33.3 Å². The Hall–Kier alpha value is -4.53. The van der Waals surface area contributed by atoms with E-state index >= 15 is 0 Å². The summed E-state index contributed by atoms with van der Waals surface area (Å²) in [5.41, 5.74) is 3.84. The first-order chi connectivity index (χ1) is 18.9. The van der Waals surface area contributed by atoms with E-state index in [1.54, 1.807) is 23.1 Å². The molecule has 9 nitrogen and oxygen atoms in total. The number of Topliss-reactive ketones (excluding diaryl/α,β-unsaturated/α-hetero) is 1. The summed E-state index contributed by atoms with van der Waals surface area (Å²) < 4.78 is 22.0. The fraction of sp³-hybridized carbons (Fsp3) is 0.300. The molecule has 0 aliphatic carbocycles. The first-order valence-electron chi connectivity index (χ1n) is 12.8. The first kappa shape index (κ1) is 26.1. The minimum absolute atomic E-state index is 0.0909. The van der Waals surface area contributed by atoms with E-state index in [-0.39, 0.29) is 44.0 Å². The summed E-state index contributed by atoms with van der Waals surface area (Å²) >= 11 is 0. The van der Waals surface area contributed by atoms with Crippen LogP contribution < -0.4 is 29.2 Å². The maximum absolute atomic E-state index is 12.9. The number of hydrogen-bond acceptors (Lipinski definition) is 7. The van der Waals surface area contributed by atoms with Crippen LogP contribution in [0.1, 0.15) is 39.9 Å². The number of ketones is 1. The SMILES string of the molecule is Cc1ccc(C)c(OCC(=O)c2ccc3c(c2)N(CCCC(=O)NCc2ccc4c(c2)OCO4)C(=O)CO3)c1. The highest BCUT2D eigenvalue weighted by Crippen LogP contribution is 2.34. The lowest BCUT2D eigenvalue weighted by molar-refractivity contribution is -0.123. The van der Waals surface area contributed by atoms with Gasteiger partial charge in [-0.15, -0.1) is 0 Å². The molecular formula is C30H30N2O7. The highest BCUT2D eigenvalue weighted by atomic mass is 16.7. The smallest absolute Gasteiger partial charge is 0.265 e. The van der Waals surface area contributed by atoms with Crippen LogP contribution in [0.25, 0.3) is 0 Å². The summed E-state index contributed by atoms with van der Waals surface area (Å²) in [7, 11) is 0. The number of nitrogens with one attached hydrogen (secondary N) is 1. The van der Waals surface area contributed by atoms with Crippen molar-refractivity contribution in [3.63, 3.8) is 0 Å². The highest BCUT2D eigenvalue weighted by Gasteiger charge is 2.26. The number of hydrogen-bond donors (Lipinski definition) is 1. The molecule has 5 rings (SSSR count). The summed E-state index contributed by atoms with van der Waals surface area (Å²) in [5.74, 6) is 1.99. The van der Waals surface area contributed by atoms with Gasteiger partial charge in [0, 0.05) is 25.1 Å². The fourth-order valence-corrected chi connectivity index (χ4v) is 4.45. The van der Waals surface area contributed by atoms with Crippen molar-refractivity contribution in [2.75, 3.05) is 31.5 Å². The lowest BCUT2D eigenvalue weighted by Crippen LogP contribution is -2.40. The number of fused-ring (bicyclic) bond motifs is 2. The summed E-state index contributed by atoms with van der Waals surface area (Å²) in [5, 5.41) is 2.90. The molecule has 0 saturated heterocycles. The van der Waals surface area contributed by atoms with Crippen LogP contribution in [0.5, 0.6) is 23.0 Å². The number of rotatable bonds is 10. The van der Waals surface area contributed by atoms with Gasteiger partial charge in [0.15, 0.2) is 30.5 Å². The molecule has 0 bridgehead atoms. The molecule has 0 spiro atoms. The summed E-state index contributed by atoms with van der Waals surface area (Å²) in [4.78, 5) is 39.6. The normalized spacial score (nSPS) is 13.5. The molecule has 1 N–H and O–H groups in total. The molecule has 9 heteroatoms. The Kier molecular flexibility index (Phi) is 7.67. The van der Waals surface area contributed by atoms with Crippen molar-refractivity contribution in [2.45, 2.75) is 33.2 Å². The van der Waals surface area contributed by atoms with Crippen LogP contribution in [0.2, 0.25) is 0 Å². The van der Waals surface area contributed by atoms with Gasteiger partial charge in [0.05, 0.1) is 5.69 Å². The minimum atomic E-state index is -0.223. The van der Waals surface area contributed by atoms with Gasteiger partial charge >= 0.3 is 0 Å². The van der Waals surface area contributed by atoms with E-state index in [1.165, 1.54) is 0 Å². The van der Waals surface area contributed by atoms with Crippen LogP contribution >= 0.6 is 0 Å². The second-order valence-corrected chi connectivity index (χ2v) is 9.57. The minimum Gasteiger partial charge on any atom is -0.485 e. The molecule has 2 heterocycles. The van der Waals surface area contributed by atoms with Crippen LogP contribution in [0.4, 0.5) is 5.69 Å². The topological polar surface area (TPSA) is 103 Å². The van der Waals surface area contributed by atoms with Gasteiger partial charge in [-0.1, -0.05) is 18.2 Å². The average molecular weight is 531 g/mol. The fourth-order valence-electron chi connectivity index (χ4n) is 4.45. The van der Waals surface area contributed by atoms with Crippen molar-refractivity contribution in [3.05, 3.63) is 76.9 Å². The number of amides is 2. The summed E-state index contributed by atoms with van der Waals surface area (Å²) in [6.07, 6.45) is 0.693. The second kappa shape index (κ2) is 11.5. The Morgan fingerprint density at radius 2 is 1.77 bits per heavy atom. The highest BCUT2D eigenvalue weighted by molar-refractivity contribution is 6.02. The number of aryl methyl sites for hydroxylation is 2. The zero-order valence-corrected chi connectivity index (χ0v) is 22.0. The molecule has 0 aromatic heterocycles. The van der Waals surface area contributed by atoms with Gasteiger partial charge in [-0.25, -0.2) is 0 Å². The number of anilines is 1. The van der Waals surface area contributed by atoms with Crippen LogP contribution in [-0.2, 0) is 16.1 Å². The van der Waals surface area contributed by atoms with Gasteiger partial charge in [-0.3, -0.25) is 14.4 Å². The van der Waals surface area contributed by atoms with E-state index in [0.29, 0.717) is 53.8 Å². The van der Waals surface area contributed by atoms with Crippen molar-refractivity contribution in [3.8, 4) is 23.0 Å². The molecule has 2 aliphatic rings. The van der Waals surface area contributed by atoms with Crippen molar-refractivity contribution in [1.29, 1.82) is 0 Å². The number of nitrogens with zero attached hydrogens (tertiary/aromatic N) is 1. The maximum atomic E-state index is 12.9. The predicted molar refractivity (Wildman–Crippen MR) is 144 cm³/mol. The molecule has 0 radical (unpaired) electrons. The number of benzene rings is 3. The van der Waals surface area contributed by atoms with Gasteiger partial charge < -0.3 is 29.2 Å². The van der Waals surface area contributed by atoms with Gasteiger partial charge in [0.1, 0.15) is 11.5 Å². The molecule has 0 atom stereocenters. The third-order valence-electron chi connectivity index (χ3n) is 6.64. The second-order valence-electron chi connectivity index (χ2n) is 9.57.